The molecule has 1 aromatic heterocycles. The average Bonchev–Trinajstić information content (AvgIpc) is 3.20. The second kappa shape index (κ2) is 6.85. The van der Waals surface area contributed by atoms with E-state index in [1.165, 1.54) is 27.3 Å². The largest absolute Gasteiger partial charge is 0.365 e. The summed E-state index contributed by atoms with van der Waals surface area (Å²) >= 11 is 1.51. The van der Waals surface area contributed by atoms with Crippen molar-refractivity contribution in [3.63, 3.8) is 0 Å². The number of primary amides is 1. The van der Waals surface area contributed by atoms with E-state index in [1.807, 2.05) is 13.0 Å². The molecule has 2 aliphatic rings. The Bertz CT molecular complexity index is 874. The first-order valence-electron chi connectivity index (χ1n) is 9.10. The van der Waals surface area contributed by atoms with Crippen LogP contribution in [0.1, 0.15) is 45.3 Å². The minimum Gasteiger partial charge on any atom is -0.365 e. The van der Waals surface area contributed by atoms with Gasteiger partial charge < -0.3 is 11.1 Å². The van der Waals surface area contributed by atoms with Crippen molar-refractivity contribution in [2.24, 2.45) is 5.73 Å². The van der Waals surface area contributed by atoms with Gasteiger partial charge in [0.2, 0.25) is 5.91 Å². The van der Waals surface area contributed by atoms with E-state index >= 15 is 0 Å². The Labute approximate surface area is 157 Å². The molecule has 3 N–H and O–H groups in total. The number of nitrogens with two attached hydrogens (primary N) is 1. The lowest BCUT2D eigenvalue weighted by Crippen LogP contribution is -2.44. The molecule has 0 unspecified atom stereocenters. The molecule has 2 amide bonds. The number of nitrogens with zero attached hydrogens (tertiary/aromatic N) is 1. The summed E-state index contributed by atoms with van der Waals surface area (Å²) in [5, 5.41) is 3.60. The zero-order valence-electron chi connectivity index (χ0n) is 14.9. The number of hydrogen-bond acceptors (Lipinski definition) is 4. The molecule has 4 rings (SSSR count). The van der Waals surface area contributed by atoms with Crippen LogP contribution in [0.3, 0.4) is 0 Å². The monoisotopic (exact) mass is 369 g/mol. The van der Waals surface area contributed by atoms with Crippen LogP contribution in [0.5, 0.6) is 0 Å². The van der Waals surface area contributed by atoms with Gasteiger partial charge in [0.1, 0.15) is 5.00 Å². The molecule has 0 fully saturated rings. The minimum absolute atomic E-state index is 0.0770. The maximum absolute atomic E-state index is 12.8. The van der Waals surface area contributed by atoms with Crippen LogP contribution in [-0.4, -0.2) is 29.3 Å². The van der Waals surface area contributed by atoms with Crippen LogP contribution < -0.4 is 11.1 Å². The summed E-state index contributed by atoms with van der Waals surface area (Å²) in [6.07, 6.45) is 3.85. The van der Waals surface area contributed by atoms with E-state index in [9.17, 15) is 9.59 Å². The fourth-order valence-corrected chi connectivity index (χ4v) is 5.28. The van der Waals surface area contributed by atoms with Crippen LogP contribution in [0.15, 0.2) is 24.3 Å². The number of aryl methyl sites for hydroxylation is 1. The SMILES string of the molecule is C[C@@H](C(=O)Nc1sc2c(c1C(N)=O)CCC2)N1CCc2ccccc2C1. The van der Waals surface area contributed by atoms with Gasteiger partial charge in [-0.2, -0.15) is 0 Å². The third-order valence-corrected chi connectivity index (χ3v) is 6.70. The van der Waals surface area contributed by atoms with Crippen LogP contribution in [-0.2, 0) is 30.6 Å². The van der Waals surface area contributed by atoms with Crippen molar-refractivity contribution >= 4 is 28.2 Å². The number of amides is 2. The van der Waals surface area contributed by atoms with Gasteiger partial charge in [-0.15, -0.1) is 11.3 Å². The number of thiophene rings is 1. The summed E-state index contributed by atoms with van der Waals surface area (Å²) in [6, 6.07) is 8.12. The highest BCUT2D eigenvalue weighted by Gasteiger charge is 2.29. The van der Waals surface area contributed by atoms with Gasteiger partial charge in [0, 0.05) is 18.0 Å². The van der Waals surface area contributed by atoms with E-state index in [4.69, 9.17) is 5.73 Å². The zero-order chi connectivity index (χ0) is 18.3. The first-order valence-corrected chi connectivity index (χ1v) is 9.92. The van der Waals surface area contributed by atoms with Crippen molar-refractivity contribution in [2.45, 2.75) is 45.2 Å². The molecular weight excluding hydrogens is 346 g/mol. The summed E-state index contributed by atoms with van der Waals surface area (Å²) in [5.41, 5.74) is 9.79. The predicted octanol–water partition coefficient (Wildman–Crippen LogP) is 2.72. The predicted molar refractivity (Wildman–Crippen MR) is 104 cm³/mol. The van der Waals surface area contributed by atoms with Crippen molar-refractivity contribution in [3.8, 4) is 0 Å². The van der Waals surface area contributed by atoms with Crippen molar-refractivity contribution in [1.82, 2.24) is 4.90 Å². The average molecular weight is 369 g/mol. The number of anilines is 1. The Hall–Kier alpha value is -2.18. The molecule has 0 saturated heterocycles. The summed E-state index contributed by atoms with van der Waals surface area (Å²) in [7, 11) is 0. The fraction of sp³-hybridized carbons (Fsp3) is 0.400. The number of fused-ring (bicyclic) bond motifs is 2. The summed E-state index contributed by atoms with van der Waals surface area (Å²) in [6.45, 7) is 3.55. The van der Waals surface area contributed by atoms with Gasteiger partial charge in [0.15, 0.2) is 0 Å². The summed E-state index contributed by atoms with van der Waals surface area (Å²) in [5.74, 6) is -0.522. The highest BCUT2D eigenvalue weighted by atomic mass is 32.1. The lowest BCUT2D eigenvalue weighted by atomic mass is 9.99. The Kier molecular flexibility index (Phi) is 4.54. The van der Waals surface area contributed by atoms with E-state index in [0.717, 1.165) is 44.3 Å². The third kappa shape index (κ3) is 3.04. The lowest BCUT2D eigenvalue weighted by Gasteiger charge is -2.32. The van der Waals surface area contributed by atoms with Crippen molar-refractivity contribution in [3.05, 3.63) is 51.4 Å². The summed E-state index contributed by atoms with van der Waals surface area (Å²) in [4.78, 5) is 28.1. The second-order valence-corrected chi connectivity index (χ2v) is 8.19. The van der Waals surface area contributed by atoms with Gasteiger partial charge in [0.25, 0.3) is 5.91 Å². The molecule has 26 heavy (non-hydrogen) atoms. The molecule has 1 aliphatic carbocycles. The molecule has 6 heteroatoms. The van der Waals surface area contributed by atoms with Crippen LogP contribution in [0.2, 0.25) is 0 Å². The van der Waals surface area contributed by atoms with Crippen LogP contribution in [0.25, 0.3) is 0 Å². The van der Waals surface area contributed by atoms with E-state index in [2.05, 4.69) is 28.4 Å². The fourth-order valence-electron chi connectivity index (χ4n) is 3.98. The molecule has 1 aliphatic heterocycles. The first kappa shape index (κ1) is 17.2. The van der Waals surface area contributed by atoms with Crippen LogP contribution in [0, 0.1) is 0 Å². The van der Waals surface area contributed by atoms with Crippen molar-refractivity contribution < 1.29 is 9.59 Å². The minimum atomic E-state index is -0.445. The smallest absolute Gasteiger partial charge is 0.251 e. The molecular formula is C20H23N3O2S. The molecule has 1 atom stereocenters. The molecule has 2 aromatic rings. The molecule has 5 nitrogen and oxygen atoms in total. The Morgan fingerprint density at radius 1 is 1.19 bits per heavy atom. The molecule has 0 bridgehead atoms. The molecule has 136 valence electrons. The number of benzene rings is 1. The van der Waals surface area contributed by atoms with Gasteiger partial charge in [-0.25, -0.2) is 0 Å². The maximum Gasteiger partial charge on any atom is 0.251 e. The Morgan fingerprint density at radius 2 is 1.96 bits per heavy atom. The van der Waals surface area contributed by atoms with Crippen molar-refractivity contribution in [2.75, 3.05) is 11.9 Å². The van der Waals surface area contributed by atoms with Gasteiger partial charge in [-0.3, -0.25) is 14.5 Å². The highest BCUT2D eigenvalue weighted by Crippen LogP contribution is 2.39. The molecule has 1 aromatic carbocycles. The number of rotatable bonds is 4. The van der Waals surface area contributed by atoms with Gasteiger partial charge >= 0.3 is 0 Å². The lowest BCUT2D eigenvalue weighted by molar-refractivity contribution is -0.121. The molecule has 0 radical (unpaired) electrons. The van der Waals surface area contributed by atoms with E-state index in [-0.39, 0.29) is 11.9 Å². The molecule has 0 saturated carbocycles. The molecule has 0 spiro atoms. The number of carbonyl (C=O) groups excluding carboxylic acids is 2. The maximum atomic E-state index is 12.8. The number of carbonyl (C=O) groups is 2. The van der Waals surface area contributed by atoms with Crippen molar-refractivity contribution in [1.29, 1.82) is 0 Å². The van der Waals surface area contributed by atoms with Crippen LogP contribution in [0.4, 0.5) is 5.00 Å². The highest BCUT2D eigenvalue weighted by molar-refractivity contribution is 7.17. The standard InChI is InChI=1S/C20H23N3O2S/c1-12(23-10-9-13-5-2-3-6-14(13)11-23)19(25)22-20-17(18(21)24)15-7-4-8-16(15)26-20/h2-3,5-6,12H,4,7-11H2,1H3,(H2,21,24)(H,22,25)/t12-/m0/s1. The molecule has 2 heterocycles. The zero-order valence-corrected chi connectivity index (χ0v) is 15.7. The van der Waals surface area contributed by atoms with E-state index < -0.39 is 5.91 Å². The van der Waals surface area contributed by atoms with Crippen LogP contribution >= 0.6 is 11.3 Å². The van der Waals surface area contributed by atoms with Gasteiger partial charge in [-0.1, -0.05) is 24.3 Å². The van der Waals surface area contributed by atoms with Gasteiger partial charge in [-0.05, 0) is 49.3 Å². The number of nitrogens with one attached hydrogen (secondary N) is 1. The topological polar surface area (TPSA) is 75.4 Å². The normalized spacial score (nSPS) is 17.4. The van der Waals surface area contributed by atoms with E-state index in [0.29, 0.717) is 10.6 Å². The number of hydrogen-bond donors (Lipinski definition) is 2. The van der Waals surface area contributed by atoms with Gasteiger partial charge in [0.05, 0.1) is 11.6 Å². The van der Waals surface area contributed by atoms with E-state index in [1.54, 1.807) is 0 Å². The first-order chi connectivity index (χ1) is 12.5. The Balaban J connectivity index is 1.50. The Morgan fingerprint density at radius 3 is 2.73 bits per heavy atom. The quantitative estimate of drug-likeness (QED) is 0.870. The second-order valence-electron chi connectivity index (χ2n) is 7.08. The third-order valence-electron chi connectivity index (χ3n) is 5.49. The summed E-state index contributed by atoms with van der Waals surface area (Å²) < 4.78 is 0.